The molecule has 0 bridgehead atoms. The van der Waals surface area contributed by atoms with Crippen molar-refractivity contribution < 1.29 is 37.3 Å². The molecule has 3 atom stereocenters. The van der Waals surface area contributed by atoms with Crippen molar-refractivity contribution in [1.82, 2.24) is 5.32 Å². The van der Waals surface area contributed by atoms with E-state index in [-0.39, 0.29) is 31.5 Å². The smallest absolute Gasteiger partial charge is 0.456 e. The standard InChI is InChI=1S/C63H115N2O7P/c1-7-10-13-16-19-22-25-28-30-31-32-33-34-35-36-38-41-44-47-50-53-56-63(67)72-61(54-51-48-45-42-39-27-24-21-18-15-12-9-3)60(59-71-73(68,69)70-58-57-65(4,5)6)64-62(66)55-52-49-46-43-40-37-29-26-23-20-17-14-11-8-2/h19,22,28,30,32-33,35-37,40,51,54,60-61H,7-18,20-21,23-27,29,31,34,38-39,41-50,52-53,55-59H2,1-6H3,(H-,64,66,68,69)/p+1/b22-19-,30-28-,33-32-,36-35-,40-37-,54-51-. The van der Waals surface area contributed by atoms with Crippen molar-refractivity contribution in [3.8, 4) is 0 Å². The van der Waals surface area contributed by atoms with E-state index < -0.39 is 20.0 Å². The Labute approximate surface area is 451 Å². The van der Waals surface area contributed by atoms with Gasteiger partial charge in [0.25, 0.3) is 0 Å². The largest absolute Gasteiger partial charge is 0.472 e. The minimum absolute atomic E-state index is 0.0321. The topological polar surface area (TPSA) is 111 Å². The number of nitrogens with one attached hydrogen (secondary N) is 1. The van der Waals surface area contributed by atoms with Gasteiger partial charge in [-0.1, -0.05) is 222 Å². The molecular formula is C63H116N2O7P+. The van der Waals surface area contributed by atoms with Crippen LogP contribution >= 0.6 is 7.82 Å². The Balaban J connectivity index is 5.33. The Morgan fingerprint density at radius 1 is 0.479 bits per heavy atom. The first-order chi connectivity index (χ1) is 35.4. The van der Waals surface area contributed by atoms with Gasteiger partial charge >= 0.3 is 13.8 Å². The number of unbranched alkanes of at least 4 members (excludes halogenated alkanes) is 28. The molecule has 424 valence electrons. The van der Waals surface area contributed by atoms with Crippen LogP contribution in [0.4, 0.5) is 0 Å². The number of rotatable bonds is 54. The predicted molar refractivity (Wildman–Crippen MR) is 314 cm³/mol. The molecule has 0 aromatic heterocycles. The Kier molecular flexibility index (Phi) is 51.0. The number of amides is 1. The number of allylic oxidation sites excluding steroid dienone is 11. The van der Waals surface area contributed by atoms with Crippen LogP contribution in [0.25, 0.3) is 0 Å². The number of hydrogen-bond acceptors (Lipinski definition) is 6. The molecule has 1 amide bonds. The van der Waals surface area contributed by atoms with Gasteiger partial charge in [-0.2, -0.15) is 0 Å². The maximum Gasteiger partial charge on any atom is 0.472 e. The van der Waals surface area contributed by atoms with E-state index in [1.807, 2.05) is 33.3 Å². The van der Waals surface area contributed by atoms with E-state index in [1.165, 1.54) is 122 Å². The highest BCUT2D eigenvalue weighted by atomic mass is 31.2. The monoisotopic (exact) mass is 1040 g/mol. The van der Waals surface area contributed by atoms with Gasteiger partial charge < -0.3 is 19.4 Å². The van der Waals surface area contributed by atoms with Crippen molar-refractivity contribution >= 4 is 19.7 Å². The van der Waals surface area contributed by atoms with Crippen LogP contribution in [0.2, 0.25) is 0 Å². The third-order valence-corrected chi connectivity index (χ3v) is 14.1. The number of likely N-dealkylation sites (N-methyl/N-ethyl adjacent to an activating group) is 1. The molecule has 2 N–H and O–H groups in total. The Hall–Kier alpha value is -2.55. The first-order valence-corrected chi connectivity index (χ1v) is 31.8. The van der Waals surface area contributed by atoms with Gasteiger partial charge in [0.15, 0.2) is 0 Å². The summed E-state index contributed by atoms with van der Waals surface area (Å²) in [4.78, 5) is 37.6. The summed E-state index contributed by atoms with van der Waals surface area (Å²) in [7, 11) is 1.47. The number of hydrogen-bond donors (Lipinski definition) is 2. The predicted octanol–water partition coefficient (Wildman–Crippen LogP) is 18.4. The second kappa shape index (κ2) is 52.9. The second-order valence-corrected chi connectivity index (χ2v) is 23.0. The SMILES string of the molecule is CCCCC/C=C\C/C=C\C/C=C\C/C=C\CCCCCCCC(=O)OC(/C=C\CCCCCCCCCCCC)C(COP(=O)(O)OCC[N+](C)(C)C)NC(=O)CCCCC/C=C\CCCCCCCCC. The molecule has 0 aliphatic heterocycles. The average Bonchev–Trinajstić information content (AvgIpc) is 3.35. The van der Waals surface area contributed by atoms with Gasteiger partial charge in [-0.25, -0.2) is 4.57 Å². The van der Waals surface area contributed by atoms with Crippen LogP contribution < -0.4 is 5.32 Å². The highest BCUT2D eigenvalue weighted by molar-refractivity contribution is 7.47. The van der Waals surface area contributed by atoms with Crippen molar-refractivity contribution in [3.63, 3.8) is 0 Å². The van der Waals surface area contributed by atoms with Crippen molar-refractivity contribution in [2.24, 2.45) is 0 Å². The number of phosphoric ester groups is 1. The van der Waals surface area contributed by atoms with Gasteiger partial charge in [0.1, 0.15) is 19.3 Å². The molecule has 0 spiro atoms. The number of carbonyl (C=O) groups is 2. The fourth-order valence-electron chi connectivity index (χ4n) is 8.39. The van der Waals surface area contributed by atoms with Gasteiger partial charge in [0, 0.05) is 12.8 Å². The quantitative estimate of drug-likeness (QED) is 0.0205. The lowest BCUT2D eigenvalue weighted by Gasteiger charge is -2.27. The second-order valence-electron chi connectivity index (χ2n) is 21.5. The van der Waals surface area contributed by atoms with Crippen molar-refractivity contribution in [3.05, 3.63) is 72.9 Å². The number of esters is 1. The Bertz CT molecular complexity index is 1480. The van der Waals surface area contributed by atoms with Crippen LogP contribution in [0.1, 0.15) is 265 Å². The fraction of sp³-hybridized carbons (Fsp3) is 0.778. The summed E-state index contributed by atoms with van der Waals surface area (Å²) in [5, 5.41) is 3.04. The van der Waals surface area contributed by atoms with E-state index in [9.17, 15) is 19.0 Å². The average molecular weight is 1040 g/mol. The van der Waals surface area contributed by atoms with Crippen LogP contribution in [-0.4, -0.2) is 74.3 Å². The van der Waals surface area contributed by atoms with Crippen molar-refractivity contribution in [2.75, 3.05) is 40.9 Å². The zero-order valence-corrected chi connectivity index (χ0v) is 49.3. The number of nitrogens with zero attached hydrogens (tertiary/aromatic N) is 1. The van der Waals surface area contributed by atoms with Gasteiger partial charge in [0.2, 0.25) is 5.91 Å². The van der Waals surface area contributed by atoms with Crippen LogP contribution in [0.15, 0.2) is 72.9 Å². The number of phosphoric acid groups is 1. The molecule has 0 aromatic rings. The molecule has 0 rings (SSSR count). The lowest BCUT2D eigenvalue weighted by molar-refractivity contribution is -0.870. The first kappa shape index (κ1) is 70.5. The fourth-order valence-corrected chi connectivity index (χ4v) is 9.12. The molecule has 0 saturated carbocycles. The summed E-state index contributed by atoms with van der Waals surface area (Å²) in [6, 6.07) is -0.866. The summed E-state index contributed by atoms with van der Waals surface area (Å²) >= 11 is 0. The van der Waals surface area contributed by atoms with E-state index in [1.54, 1.807) is 0 Å². The van der Waals surface area contributed by atoms with Crippen LogP contribution in [0.3, 0.4) is 0 Å². The van der Waals surface area contributed by atoms with Crippen LogP contribution in [-0.2, 0) is 27.9 Å². The van der Waals surface area contributed by atoms with E-state index in [0.29, 0.717) is 23.9 Å². The molecule has 0 aliphatic carbocycles. The molecule has 0 saturated heterocycles. The maximum atomic E-state index is 13.5. The molecule has 0 aromatic carbocycles. The molecular weight excluding hydrogens is 928 g/mol. The van der Waals surface area contributed by atoms with Gasteiger partial charge in [-0.05, 0) is 102 Å². The molecule has 0 fully saturated rings. The highest BCUT2D eigenvalue weighted by Gasteiger charge is 2.30. The lowest BCUT2D eigenvalue weighted by Crippen LogP contribution is -2.47. The van der Waals surface area contributed by atoms with E-state index >= 15 is 0 Å². The summed E-state index contributed by atoms with van der Waals surface area (Å²) in [6.07, 6.45) is 67.5. The van der Waals surface area contributed by atoms with Crippen molar-refractivity contribution in [1.29, 1.82) is 0 Å². The molecule has 10 heteroatoms. The molecule has 3 unspecified atom stereocenters. The van der Waals surface area contributed by atoms with Gasteiger partial charge in [0.05, 0.1) is 33.8 Å². The van der Waals surface area contributed by atoms with E-state index in [0.717, 1.165) is 103 Å². The minimum Gasteiger partial charge on any atom is -0.456 e. The highest BCUT2D eigenvalue weighted by Crippen LogP contribution is 2.43. The third kappa shape index (κ3) is 54.1. The maximum absolute atomic E-state index is 13.5. The number of ether oxygens (including phenoxy) is 1. The summed E-state index contributed by atoms with van der Waals surface area (Å²) in [6.45, 7) is 6.95. The minimum atomic E-state index is -4.46. The molecule has 73 heavy (non-hydrogen) atoms. The van der Waals surface area contributed by atoms with Gasteiger partial charge in [-0.3, -0.25) is 18.6 Å². The summed E-state index contributed by atoms with van der Waals surface area (Å²) in [5.74, 6) is -0.544. The zero-order chi connectivity index (χ0) is 53.6. The zero-order valence-electron chi connectivity index (χ0n) is 48.4. The molecule has 0 radical (unpaired) electrons. The summed E-state index contributed by atoms with van der Waals surface area (Å²) in [5.41, 5.74) is 0. The van der Waals surface area contributed by atoms with Crippen molar-refractivity contribution in [2.45, 2.75) is 277 Å². The lowest BCUT2D eigenvalue weighted by atomic mass is 10.0. The Morgan fingerprint density at radius 3 is 1.30 bits per heavy atom. The molecule has 0 heterocycles. The van der Waals surface area contributed by atoms with Crippen LogP contribution in [0, 0.1) is 0 Å². The first-order valence-electron chi connectivity index (χ1n) is 30.3. The van der Waals surface area contributed by atoms with Gasteiger partial charge in [-0.15, -0.1) is 0 Å². The third-order valence-electron chi connectivity index (χ3n) is 13.1. The number of quaternary nitrogens is 1. The summed E-state index contributed by atoms with van der Waals surface area (Å²) < 4.78 is 30.6. The normalized spacial score (nSPS) is 14.2. The molecule has 9 nitrogen and oxygen atoms in total. The van der Waals surface area contributed by atoms with E-state index in [4.69, 9.17) is 13.8 Å². The van der Waals surface area contributed by atoms with E-state index in [2.05, 4.69) is 86.8 Å². The Morgan fingerprint density at radius 2 is 0.836 bits per heavy atom. The molecule has 0 aliphatic rings. The van der Waals surface area contributed by atoms with Crippen LogP contribution in [0.5, 0.6) is 0 Å². The number of carbonyl (C=O) groups excluding carboxylic acids is 2.